The Morgan fingerprint density at radius 2 is 1.93 bits per heavy atom. The van der Waals surface area contributed by atoms with Gasteiger partial charge in [-0.25, -0.2) is 4.52 Å². The van der Waals surface area contributed by atoms with Crippen LogP contribution in [0.2, 0.25) is 0 Å². The second-order valence-electron chi connectivity index (χ2n) is 6.51. The summed E-state index contributed by atoms with van der Waals surface area (Å²) in [7, 11) is 0. The molecule has 0 aliphatic heterocycles. The number of benzene rings is 2. The predicted molar refractivity (Wildman–Crippen MR) is 106 cm³/mol. The Balaban J connectivity index is 1.71. The maximum atomic E-state index is 11.4. The number of aromatic nitrogens is 3. The van der Waals surface area contributed by atoms with Crippen LogP contribution in [0.1, 0.15) is 21.5 Å². The molecule has 2 aromatic carbocycles. The van der Waals surface area contributed by atoms with E-state index in [-0.39, 0.29) is 0 Å². The molecule has 4 rings (SSSR count). The summed E-state index contributed by atoms with van der Waals surface area (Å²) in [5.74, 6) is 0.0500. The van der Waals surface area contributed by atoms with Crippen LogP contribution in [-0.2, 0) is 0 Å². The molecule has 27 heavy (non-hydrogen) atoms. The molecule has 0 aliphatic rings. The lowest BCUT2D eigenvalue weighted by Crippen LogP contribution is -2.12. The zero-order valence-electron chi connectivity index (χ0n) is 15.1. The molecular formula is C21H19N5O. The topological polar surface area (TPSA) is 85.3 Å². The lowest BCUT2D eigenvalue weighted by Gasteiger charge is -2.06. The van der Waals surface area contributed by atoms with Crippen LogP contribution in [0.15, 0.2) is 60.8 Å². The molecule has 0 saturated heterocycles. The van der Waals surface area contributed by atoms with Gasteiger partial charge in [-0.2, -0.15) is 4.98 Å². The molecular weight excluding hydrogens is 338 g/mol. The number of hydrogen-bond acceptors (Lipinski definition) is 4. The summed E-state index contributed by atoms with van der Waals surface area (Å²) in [5.41, 5.74) is 11.5. The number of primary amides is 1. The van der Waals surface area contributed by atoms with Gasteiger partial charge < -0.3 is 11.1 Å². The summed E-state index contributed by atoms with van der Waals surface area (Å²) >= 11 is 0. The molecule has 0 spiro atoms. The molecule has 2 aromatic heterocycles. The SMILES string of the molecule is Cc1cccc(-c2cccn3nc(Nc4ccc(C(N)=O)c(C)c4)nc23)c1. The lowest BCUT2D eigenvalue weighted by molar-refractivity contribution is 0.1000. The largest absolute Gasteiger partial charge is 0.366 e. The highest BCUT2D eigenvalue weighted by Gasteiger charge is 2.11. The Hall–Kier alpha value is -3.67. The van der Waals surface area contributed by atoms with Gasteiger partial charge in [0.25, 0.3) is 0 Å². The number of aryl methyl sites for hydroxylation is 2. The predicted octanol–water partition coefficient (Wildman–Crippen LogP) is 3.86. The number of nitrogens with one attached hydrogen (secondary N) is 1. The Bertz CT molecular complexity index is 1160. The van der Waals surface area contributed by atoms with Crippen molar-refractivity contribution in [3.63, 3.8) is 0 Å². The summed E-state index contributed by atoms with van der Waals surface area (Å²) in [5, 5.41) is 7.70. The number of nitrogens with two attached hydrogens (primary N) is 1. The smallest absolute Gasteiger partial charge is 0.248 e. The summed E-state index contributed by atoms with van der Waals surface area (Å²) in [6.45, 7) is 3.91. The van der Waals surface area contributed by atoms with Crippen LogP contribution in [0, 0.1) is 13.8 Å². The average Bonchev–Trinajstić information content (AvgIpc) is 3.03. The van der Waals surface area contributed by atoms with E-state index in [1.54, 1.807) is 16.6 Å². The highest BCUT2D eigenvalue weighted by molar-refractivity contribution is 5.94. The second kappa shape index (κ2) is 6.57. The zero-order chi connectivity index (χ0) is 19.0. The van der Waals surface area contributed by atoms with E-state index in [0.29, 0.717) is 11.5 Å². The van der Waals surface area contributed by atoms with Crippen LogP contribution in [0.5, 0.6) is 0 Å². The highest BCUT2D eigenvalue weighted by atomic mass is 16.1. The monoisotopic (exact) mass is 357 g/mol. The van der Waals surface area contributed by atoms with Gasteiger partial charge in [0.15, 0.2) is 5.65 Å². The first-order valence-corrected chi connectivity index (χ1v) is 8.61. The van der Waals surface area contributed by atoms with Crippen molar-refractivity contribution in [1.29, 1.82) is 0 Å². The maximum absolute atomic E-state index is 11.4. The van der Waals surface area contributed by atoms with Crippen LogP contribution in [0.4, 0.5) is 11.6 Å². The van der Waals surface area contributed by atoms with E-state index in [1.165, 1.54) is 5.56 Å². The van der Waals surface area contributed by atoms with Crippen molar-refractivity contribution in [1.82, 2.24) is 14.6 Å². The van der Waals surface area contributed by atoms with Gasteiger partial charge in [-0.05, 0) is 55.3 Å². The fourth-order valence-corrected chi connectivity index (χ4v) is 3.14. The first kappa shape index (κ1) is 16.8. The number of carbonyl (C=O) groups excluding carboxylic acids is 1. The highest BCUT2D eigenvalue weighted by Crippen LogP contribution is 2.26. The average molecular weight is 357 g/mol. The maximum Gasteiger partial charge on any atom is 0.248 e. The molecule has 0 aliphatic carbocycles. The minimum absolute atomic E-state index is 0.437. The number of pyridine rings is 1. The van der Waals surface area contributed by atoms with Gasteiger partial charge in [0.05, 0.1) is 0 Å². The van der Waals surface area contributed by atoms with Crippen molar-refractivity contribution in [2.45, 2.75) is 13.8 Å². The number of rotatable bonds is 4. The molecule has 134 valence electrons. The minimum Gasteiger partial charge on any atom is -0.366 e. The first-order chi connectivity index (χ1) is 13.0. The van der Waals surface area contributed by atoms with E-state index in [0.717, 1.165) is 28.0 Å². The molecule has 0 bridgehead atoms. The van der Waals surface area contributed by atoms with Crippen molar-refractivity contribution in [2.75, 3.05) is 5.32 Å². The molecule has 0 unspecified atom stereocenters. The number of amides is 1. The van der Waals surface area contributed by atoms with E-state index in [9.17, 15) is 4.79 Å². The van der Waals surface area contributed by atoms with Crippen LogP contribution in [0.25, 0.3) is 16.8 Å². The third-order valence-electron chi connectivity index (χ3n) is 4.44. The number of fused-ring (bicyclic) bond motifs is 1. The van der Waals surface area contributed by atoms with Gasteiger partial charge in [-0.3, -0.25) is 4.79 Å². The Morgan fingerprint density at radius 3 is 2.67 bits per heavy atom. The molecule has 0 saturated carbocycles. The van der Waals surface area contributed by atoms with Gasteiger partial charge in [0.2, 0.25) is 11.9 Å². The van der Waals surface area contributed by atoms with Crippen LogP contribution in [0.3, 0.4) is 0 Å². The number of carbonyl (C=O) groups is 1. The summed E-state index contributed by atoms with van der Waals surface area (Å²) in [6, 6.07) is 17.6. The van der Waals surface area contributed by atoms with E-state index in [4.69, 9.17) is 5.73 Å². The summed E-state index contributed by atoms with van der Waals surface area (Å²) in [4.78, 5) is 16.0. The summed E-state index contributed by atoms with van der Waals surface area (Å²) in [6.07, 6.45) is 1.87. The van der Waals surface area contributed by atoms with E-state index in [1.807, 2.05) is 37.4 Å². The van der Waals surface area contributed by atoms with Crippen LogP contribution < -0.4 is 11.1 Å². The van der Waals surface area contributed by atoms with E-state index in [2.05, 4.69) is 40.5 Å². The van der Waals surface area contributed by atoms with E-state index < -0.39 is 5.91 Å². The molecule has 3 N–H and O–H groups in total. The second-order valence-corrected chi connectivity index (χ2v) is 6.51. The number of anilines is 2. The molecule has 2 heterocycles. The van der Waals surface area contributed by atoms with Gasteiger partial charge in [0, 0.05) is 23.0 Å². The van der Waals surface area contributed by atoms with Crippen molar-refractivity contribution in [3.05, 3.63) is 77.5 Å². The third-order valence-corrected chi connectivity index (χ3v) is 4.44. The fraction of sp³-hybridized carbons (Fsp3) is 0.0952. The van der Waals surface area contributed by atoms with Crippen molar-refractivity contribution in [3.8, 4) is 11.1 Å². The van der Waals surface area contributed by atoms with Gasteiger partial charge in [0.1, 0.15) is 0 Å². The first-order valence-electron chi connectivity index (χ1n) is 8.61. The van der Waals surface area contributed by atoms with Gasteiger partial charge in [-0.1, -0.05) is 29.8 Å². The number of nitrogens with zero attached hydrogens (tertiary/aromatic N) is 3. The van der Waals surface area contributed by atoms with E-state index >= 15 is 0 Å². The zero-order valence-corrected chi connectivity index (χ0v) is 15.1. The van der Waals surface area contributed by atoms with Crippen LogP contribution in [-0.4, -0.2) is 20.5 Å². The van der Waals surface area contributed by atoms with Crippen LogP contribution >= 0.6 is 0 Å². The Labute approximate surface area is 156 Å². The third kappa shape index (κ3) is 3.25. The standard InChI is InChI=1S/C21H19N5O/c1-13-5-3-6-15(11-13)18-7-4-10-26-20(18)24-21(25-26)23-16-8-9-17(19(22)27)14(2)12-16/h3-12H,1-2H3,(H2,22,27)(H,23,25). The summed E-state index contributed by atoms with van der Waals surface area (Å²) < 4.78 is 1.75. The Morgan fingerprint density at radius 1 is 1.07 bits per heavy atom. The molecule has 6 heteroatoms. The molecule has 6 nitrogen and oxygen atoms in total. The molecule has 0 fully saturated rings. The van der Waals surface area contributed by atoms with Gasteiger partial charge >= 0.3 is 0 Å². The van der Waals surface area contributed by atoms with Crippen molar-refractivity contribution in [2.24, 2.45) is 5.73 Å². The Kier molecular flexibility index (Phi) is 4.08. The minimum atomic E-state index is -0.437. The number of hydrogen-bond donors (Lipinski definition) is 2. The molecule has 0 atom stereocenters. The molecule has 0 radical (unpaired) electrons. The quantitative estimate of drug-likeness (QED) is 0.581. The van der Waals surface area contributed by atoms with Crippen molar-refractivity contribution >= 4 is 23.2 Å². The molecule has 1 amide bonds. The van der Waals surface area contributed by atoms with Gasteiger partial charge in [-0.15, -0.1) is 5.10 Å². The molecule has 4 aromatic rings. The normalized spacial score (nSPS) is 10.9. The van der Waals surface area contributed by atoms with Crippen molar-refractivity contribution < 1.29 is 4.79 Å². The lowest BCUT2D eigenvalue weighted by atomic mass is 10.1. The fourth-order valence-electron chi connectivity index (χ4n) is 3.14.